The fourth-order valence-corrected chi connectivity index (χ4v) is 3.12. The fraction of sp³-hybridized carbons (Fsp3) is 0.588. The summed E-state index contributed by atoms with van der Waals surface area (Å²) < 4.78 is 0. The average molecular weight is 309 g/mol. The van der Waals surface area contributed by atoms with Crippen molar-refractivity contribution in [2.75, 3.05) is 26.2 Å². The van der Waals surface area contributed by atoms with E-state index < -0.39 is 0 Å². The van der Waals surface area contributed by atoms with E-state index in [0.717, 1.165) is 43.7 Å². The molecule has 0 aromatic heterocycles. The zero-order chi connectivity index (χ0) is 15.2. The molecular weight excluding hydrogens is 284 g/mol. The molecule has 1 aliphatic rings. The second kappa shape index (κ2) is 7.81. The number of nitrogens with zero attached hydrogens (tertiary/aromatic N) is 1. The van der Waals surface area contributed by atoms with Crippen molar-refractivity contribution in [3.05, 3.63) is 34.3 Å². The van der Waals surface area contributed by atoms with E-state index in [2.05, 4.69) is 12.2 Å². The number of piperidine rings is 1. The van der Waals surface area contributed by atoms with Crippen LogP contribution in [-0.2, 0) is 0 Å². The van der Waals surface area contributed by atoms with Crippen molar-refractivity contribution in [1.82, 2.24) is 10.2 Å². The zero-order valence-electron chi connectivity index (χ0n) is 13.0. The number of carbonyl (C=O) groups excluding carboxylic acids is 1. The Morgan fingerprint density at radius 3 is 2.95 bits per heavy atom. The third-order valence-corrected chi connectivity index (χ3v) is 4.57. The lowest BCUT2D eigenvalue weighted by atomic mass is 9.98. The van der Waals surface area contributed by atoms with E-state index in [1.165, 1.54) is 12.8 Å². The molecule has 0 bridgehead atoms. The lowest BCUT2D eigenvalue weighted by molar-refractivity contribution is 0.0718. The molecule has 1 unspecified atom stereocenters. The van der Waals surface area contributed by atoms with Crippen LogP contribution >= 0.6 is 11.6 Å². The number of hydrogen-bond donors (Lipinski definition) is 1. The van der Waals surface area contributed by atoms with Crippen LogP contribution in [0.5, 0.6) is 0 Å². The standard InChI is InChI=1S/C17H25ClN2O/c1-3-10-20(12-14-6-5-9-19-11-14)17(21)15-7-4-8-16(18)13(15)2/h4,7-8,14,19H,3,5-6,9-12H2,1-2H3. The molecule has 1 amide bonds. The Labute approximate surface area is 132 Å². The van der Waals surface area contributed by atoms with E-state index in [0.29, 0.717) is 10.9 Å². The molecule has 1 aliphatic heterocycles. The fourth-order valence-electron chi connectivity index (χ4n) is 2.95. The number of rotatable bonds is 5. The molecule has 2 rings (SSSR count). The van der Waals surface area contributed by atoms with Crippen molar-refractivity contribution in [2.24, 2.45) is 5.92 Å². The first-order chi connectivity index (χ1) is 10.1. The number of halogens is 1. The van der Waals surface area contributed by atoms with Gasteiger partial charge in [-0.3, -0.25) is 4.79 Å². The van der Waals surface area contributed by atoms with E-state index in [9.17, 15) is 4.79 Å². The number of amides is 1. The predicted molar refractivity (Wildman–Crippen MR) is 88.0 cm³/mol. The van der Waals surface area contributed by atoms with Crippen molar-refractivity contribution in [3.63, 3.8) is 0 Å². The highest BCUT2D eigenvalue weighted by molar-refractivity contribution is 6.31. The highest BCUT2D eigenvalue weighted by Gasteiger charge is 2.22. The Morgan fingerprint density at radius 1 is 1.48 bits per heavy atom. The molecule has 1 atom stereocenters. The topological polar surface area (TPSA) is 32.3 Å². The predicted octanol–water partition coefficient (Wildman–Crippen LogP) is 3.50. The van der Waals surface area contributed by atoms with Gasteiger partial charge in [-0.25, -0.2) is 0 Å². The zero-order valence-corrected chi connectivity index (χ0v) is 13.7. The first-order valence-corrected chi connectivity index (χ1v) is 8.26. The smallest absolute Gasteiger partial charge is 0.254 e. The van der Waals surface area contributed by atoms with Gasteiger partial charge < -0.3 is 10.2 Å². The Hall–Kier alpha value is -1.06. The molecule has 1 N–H and O–H groups in total. The third-order valence-electron chi connectivity index (χ3n) is 4.16. The molecule has 21 heavy (non-hydrogen) atoms. The molecule has 1 fully saturated rings. The summed E-state index contributed by atoms with van der Waals surface area (Å²) >= 11 is 6.15. The van der Waals surface area contributed by atoms with Gasteiger partial charge in [-0.2, -0.15) is 0 Å². The van der Waals surface area contributed by atoms with Gasteiger partial charge in [0.15, 0.2) is 0 Å². The van der Waals surface area contributed by atoms with Gasteiger partial charge >= 0.3 is 0 Å². The van der Waals surface area contributed by atoms with Gasteiger partial charge in [-0.05, 0) is 62.9 Å². The molecule has 116 valence electrons. The Morgan fingerprint density at radius 2 is 2.29 bits per heavy atom. The SMILES string of the molecule is CCCN(CC1CCCNC1)C(=O)c1cccc(Cl)c1C. The highest BCUT2D eigenvalue weighted by Crippen LogP contribution is 2.21. The van der Waals surface area contributed by atoms with Crippen LogP contribution in [0.15, 0.2) is 18.2 Å². The van der Waals surface area contributed by atoms with Gasteiger partial charge in [-0.1, -0.05) is 24.6 Å². The summed E-state index contributed by atoms with van der Waals surface area (Å²) in [6.45, 7) is 7.80. The molecule has 1 saturated heterocycles. The number of hydrogen-bond acceptors (Lipinski definition) is 2. The van der Waals surface area contributed by atoms with Gasteiger partial charge in [0.25, 0.3) is 5.91 Å². The average Bonchev–Trinajstić information content (AvgIpc) is 2.50. The first kappa shape index (κ1) is 16.3. The van der Waals surface area contributed by atoms with Crippen LogP contribution in [0.3, 0.4) is 0 Å². The molecule has 1 aromatic carbocycles. The maximum atomic E-state index is 12.8. The van der Waals surface area contributed by atoms with E-state index in [-0.39, 0.29) is 5.91 Å². The maximum absolute atomic E-state index is 12.8. The van der Waals surface area contributed by atoms with Crippen molar-refractivity contribution in [2.45, 2.75) is 33.1 Å². The number of nitrogens with one attached hydrogen (secondary N) is 1. The molecule has 3 nitrogen and oxygen atoms in total. The molecule has 0 radical (unpaired) electrons. The van der Waals surface area contributed by atoms with E-state index >= 15 is 0 Å². The lowest BCUT2D eigenvalue weighted by Crippen LogP contribution is -2.41. The van der Waals surface area contributed by atoms with Crippen LogP contribution in [-0.4, -0.2) is 37.0 Å². The first-order valence-electron chi connectivity index (χ1n) is 7.88. The summed E-state index contributed by atoms with van der Waals surface area (Å²) in [4.78, 5) is 14.8. The summed E-state index contributed by atoms with van der Waals surface area (Å²) in [6, 6.07) is 5.57. The second-order valence-corrected chi connectivity index (χ2v) is 6.28. The minimum absolute atomic E-state index is 0.113. The summed E-state index contributed by atoms with van der Waals surface area (Å²) in [5.74, 6) is 0.677. The summed E-state index contributed by atoms with van der Waals surface area (Å²) in [7, 11) is 0. The quantitative estimate of drug-likeness (QED) is 0.903. The molecule has 4 heteroatoms. The van der Waals surface area contributed by atoms with E-state index in [1.807, 2.05) is 30.0 Å². The molecule has 0 aliphatic carbocycles. The van der Waals surface area contributed by atoms with Crippen LogP contribution in [0.4, 0.5) is 0 Å². The summed E-state index contributed by atoms with van der Waals surface area (Å²) in [5.41, 5.74) is 1.62. The Balaban J connectivity index is 2.12. The highest BCUT2D eigenvalue weighted by atomic mass is 35.5. The molecular formula is C17H25ClN2O. The molecule has 0 spiro atoms. The molecule has 1 heterocycles. The number of carbonyl (C=O) groups is 1. The van der Waals surface area contributed by atoms with Gasteiger partial charge in [0.05, 0.1) is 0 Å². The Bertz CT molecular complexity index is 484. The van der Waals surface area contributed by atoms with Crippen molar-refractivity contribution >= 4 is 17.5 Å². The van der Waals surface area contributed by atoms with Crippen LogP contribution in [0.2, 0.25) is 5.02 Å². The van der Waals surface area contributed by atoms with Crippen LogP contribution in [0.1, 0.15) is 42.1 Å². The Kier molecular flexibility index (Phi) is 6.07. The normalized spacial score (nSPS) is 18.5. The minimum Gasteiger partial charge on any atom is -0.338 e. The number of benzene rings is 1. The summed E-state index contributed by atoms with van der Waals surface area (Å²) in [5, 5.41) is 4.09. The monoisotopic (exact) mass is 308 g/mol. The van der Waals surface area contributed by atoms with Gasteiger partial charge in [-0.15, -0.1) is 0 Å². The van der Waals surface area contributed by atoms with Crippen LogP contribution in [0, 0.1) is 12.8 Å². The minimum atomic E-state index is 0.113. The summed E-state index contributed by atoms with van der Waals surface area (Å²) in [6.07, 6.45) is 3.38. The van der Waals surface area contributed by atoms with Crippen molar-refractivity contribution < 1.29 is 4.79 Å². The van der Waals surface area contributed by atoms with Gasteiger partial charge in [0, 0.05) is 23.7 Å². The van der Waals surface area contributed by atoms with Gasteiger partial charge in [0.2, 0.25) is 0 Å². The molecule has 0 saturated carbocycles. The second-order valence-electron chi connectivity index (χ2n) is 5.88. The van der Waals surface area contributed by atoms with Crippen molar-refractivity contribution in [3.8, 4) is 0 Å². The van der Waals surface area contributed by atoms with E-state index in [1.54, 1.807) is 0 Å². The third kappa shape index (κ3) is 4.21. The maximum Gasteiger partial charge on any atom is 0.254 e. The largest absolute Gasteiger partial charge is 0.338 e. The molecule has 1 aromatic rings. The van der Waals surface area contributed by atoms with Crippen LogP contribution < -0.4 is 5.32 Å². The van der Waals surface area contributed by atoms with Crippen LogP contribution in [0.25, 0.3) is 0 Å². The lowest BCUT2D eigenvalue weighted by Gasteiger charge is -2.30. The van der Waals surface area contributed by atoms with Gasteiger partial charge in [0.1, 0.15) is 0 Å². The van der Waals surface area contributed by atoms with E-state index in [4.69, 9.17) is 11.6 Å². The van der Waals surface area contributed by atoms with Crippen molar-refractivity contribution in [1.29, 1.82) is 0 Å².